The molecule has 0 radical (unpaired) electrons. The van der Waals surface area contributed by atoms with Gasteiger partial charge in [0.05, 0.1) is 36.4 Å². The summed E-state index contributed by atoms with van der Waals surface area (Å²) in [4.78, 5) is 18.6. The number of carbonyl (C=O) groups is 1. The topological polar surface area (TPSA) is 88.0 Å². The predicted octanol–water partition coefficient (Wildman–Crippen LogP) is 3.18. The lowest BCUT2D eigenvalue weighted by molar-refractivity contribution is -0.117. The molecule has 0 bridgehead atoms. The summed E-state index contributed by atoms with van der Waals surface area (Å²) in [7, 11) is 1.91. The van der Waals surface area contributed by atoms with Gasteiger partial charge in [0.1, 0.15) is 17.6 Å². The maximum atomic E-state index is 12.0. The third kappa shape index (κ3) is 4.36. The second-order valence-electron chi connectivity index (χ2n) is 7.12. The first-order valence-corrected chi connectivity index (χ1v) is 9.72. The molecule has 3 aromatic rings. The molecule has 2 aromatic heterocycles. The highest BCUT2D eigenvalue weighted by atomic mass is 35.5. The summed E-state index contributed by atoms with van der Waals surface area (Å²) in [5.74, 6) is 0.692. The van der Waals surface area contributed by atoms with Crippen LogP contribution in [-0.4, -0.2) is 39.0 Å². The van der Waals surface area contributed by atoms with Crippen LogP contribution in [0.1, 0.15) is 23.9 Å². The van der Waals surface area contributed by atoms with E-state index < -0.39 is 0 Å². The summed E-state index contributed by atoms with van der Waals surface area (Å²) in [5, 5.41) is 15.3. The van der Waals surface area contributed by atoms with Crippen LogP contribution in [0.4, 0.5) is 17.2 Å². The quantitative estimate of drug-likeness (QED) is 0.627. The number of hydrogen-bond acceptors (Lipinski definition) is 6. The maximum Gasteiger partial charge on any atom is 0.246 e. The molecule has 0 saturated carbocycles. The molecule has 30 heavy (non-hydrogen) atoms. The van der Waals surface area contributed by atoms with E-state index in [-0.39, 0.29) is 25.4 Å². The molecule has 0 aliphatic carbocycles. The zero-order valence-electron chi connectivity index (χ0n) is 17.0. The molecule has 1 aliphatic heterocycles. The minimum atomic E-state index is -0.234. The Morgan fingerprint density at radius 2 is 2.07 bits per heavy atom. The predicted molar refractivity (Wildman–Crippen MR) is 124 cm³/mol. The van der Waals surface area contributed by atoms with Crippen molar-refractivity contribution >= 4 is 48.2 Å². The van der Waals surface area contributed by atoms with Gasteiger partial charge >= 0.3 is 0 Å². The number of nitrogens with zero attached hydrogens (tertiary/aromatic N) is 5. The smallest absolute Gasteiger partial charge is 0.246 e. The molecule has 0 fully saturated rings. The number of hydrogen-bond donors (Lipinski definition) is 2. The number of aryl methyl sites for hydroxylation is 1. The van der Waals surface area contributed by atoms with Crippen molar-refractivity contribution in [3.05, 3.63) is 58.5 Å². The van der Waals surface area contributed by atoms with Crippen molar-refractivity contribution in [2.45, 2.75) is 33.0 Å². The summed E-state index contributed by atoms with van der Waals surface area (Å²) in [6, 6.07) is 9.39. The van der Waals surface area contributed by atoms with E-state index in [1.54, 1.807) is 4.68 Å². The molecule has 8 nitrogen and oxygen atoms in total. The SMILES string of the molecule is Cc1nc(NCc2cn(Cc3ccccc3Cl)nn2)cc2c1NC(=O)[C@H](C)N2C.S. The zero-order valence-corrected chi connectivity index (χ0v) is 18.7. The van der Waals surface area contributed by atoms with Crippen molar-refractivity contribution in [3.63, 3.8) is 0 Å². The Bertz CT molecular complexity index is 1070. The Morgan fingerprint density at radius 3 is 2.83 bits per heavy atom. The molecule has 1 atom stereocenters. The highest BCUT2D eigenvalue weighted by molar-refractivity contribution is 7.59. The number of rotatable bonds is 5. The van der Waals surface area contributed by atoms with Gasteiger partial charge in [-0.1, -0.05) is 35.0 Å². The van der Waals surface area contributed by atoms with Crippen molar-refractivity contribution in [2.75, 3.05) is 22.6 Å². The number of pyridine rings is 1. The van der Waals surface area contributed by atoms with Gasteiger partial charge in [-0.3, -0.25) is 4.79 Å². The van der Waals surface area contributed by atoms with Crippen LogP contribution in [0.15, 0.2) is 36.5 Å². The van der Waals surface area contributed by atoms with E-state index in [4.69, 9.17) is 11.6 Å². The van der Waals surface area contributed by atoms with E-state index in [0.29, 0.717) is 18.1 Å². The van der Waals surface area contributed by atoms with E-state index in [0.717, 1.165) is 34.1 Å². The number of aromatic nitrogens is 4. The summed E-state index contributed by atoms with van der Waals surface area (Å²) >= 11 is 6.21. The van der Waals surface area contributed by atoms with E-state index in [9.17, 15) is 4.79 Å². The van der Waals surface area contributed by atoms with Crippen molar-refractivity contribution in [2.24, 2.45) is 0 Å². The maximum absolute atomic E-state index is 12.0. The van der Waals surface area contributed by atoms with Gasteiger partial charge in [0.2, 0.25) is 5.91 Å². The van der Waals surface area contributed by atoms with Gasteiger partial charge in [-0.25, -0.2) is 9.67 Å². The second-order valence-corrected chi connectivity index (χ2v) is 7.52. The van der Waals surface area contributed by atoms with Gasteiger partial charge in [-0.2, -0.15) is 13.5 Å². The number of nitrogens with one attached hydrogen (secondary N) is 2. The Labute approximate surface area is 187 Å². The molecule has 3 heterocycles. The van der Waals surface area contributed by atoms with Crippen LogP contribution in [0.3, 0.4) is 0 Å². The highest BCUT2D eigenvalue weighted by Gasteiger charge is 2.28. The number of benzene rings is 1. The van der Waals surface area contributed by atoms with Gasteiger partial charge in [0, 0.05) is 18.1 Å². The summed E-state index contributed by atoms with van der Waals surface area (Å²) in [6.45, 7) is 4.80. The number of likely N-dealkylation sites (N-methyl/N-ethyl adjacent to an activating group) is 1. The molecule has 2 N–H and O–H groups in total. The zero-order chi connectivity index (χ0) is 20.5. The van der Waals surface area contributed by atoms with Crippen LogP contribution in [0.25, 0.3) is 0 Å². The van der Waals surface area contributed by atoms with Crippen LogP contribution >= 0.6 is 25.1 Å². The Hall–Kier alpha value is -2.78. The number of amides is 1. The first-order chi connectivity index (χ1) is 13.9. The van der Waals surface area contributed by atoms with Crippen molar-refractivity contribution in [1.82, 2.24) is 20.0 Å². The molecule has 0 spiro atoms. The van der Waals surface area contributed by atoms with Crippen LogP contribution in [0.2, 0.25) is 5.02 Å². The fraction of sp³-hybridized carbons (Fsp3) is 0.300. The lowest BCUT2D eigenvalue weighted by Crippen LogP contribution is -2.44. The lowest BCUT2D eigenvalue weighted by Gasteiger charge is -2.34. The van der Waals surface area contributed by atoms with Gasteiger partial charge in [0.15, 0.2) is 0 Å². The molecule has 158 valence electrons. The summed E-state index contributed by atoms with van der Waals surface area (Å²) in [6.07, 6.45) is 1.88. The fourth-order valence-corrected chi connectivity index (χ4v) is 3.47. The lowest BCUT2D eigenvalue weighted by atomic mass is 10.1. The van der Waals surface area contributed by atoms with Gasteiger partial charge in [0.25, 0.3) is 0 Å². The molecular formula is C20H24ClN7OS. The fourth-order valence-electron chi connectivity index (χ4n) is 3.27. The Kier molecular flexibility index (Phi) is 6.52. The Morgan fingerprint density at radius 1 is 1.30 bits per heavy atom. The third-order valence-electron chi connectivity index (χ3n) is 5.10. The largest absolute Gasteiger partial charge is 0.364 e. The minimum absolute atomic E-state index is 0. The third-order valence-corrected chi connectivity index (χ3v) is 5.46. The van der Waals surface area contributed by atoms with Crippen LogP contribution in [0, 0.1) is 6.92 Å². The normalized spacial score (nSPS) is 15.3. The van der Waals surface area contributed by atoms with Crippen LogP contribution in [-0.2, 0) is 17.9 Å². The summed E-state index contributed by atoms with van der Waals surface area (Å²) < 4.78 is 1.76. The van der Waals surface area contributed by atoms with Gasteiger partial charge in [-0.05, 0) is 25.5 Å². The van der Waals surface area contributed by atoms with Crippen molar-refractivity contribution in [3.8, 4) is 0 Å². The van der Waals surface area contributed by atoms with E-state index in [1.165, 1.54) is 0 Å². The Balaban J connectivity index is 0.00000256. The molecule has 0 unspecified atom stereocenters. The van der Waals surface area contributed by atoms with Gasteiger partial charge in [-0.15, -0.1) is 5.10 Å². The molecule has 1 amide bonds. The van der Waals surface area contributed by atoms with E-state index in [1.807, 2.05) is 62.3 Å². The van der Waals surface area contributed by atoms with Crippen LogP contribution < -0.4 is 15.5 Å². The monoisotopic (exact) mass is 445 g/mol. The molecule has 1 aromatic carbocycles. The van der Waals surface area contributed by atoms with Gasteiger partial charge < -0.3 is 15.5 Å². The average molecular weight is 446 g/mol. The number of anilines is 3. The molecule has 4 rings (SSSR count). The first-order valence-electron chi connectivity index (χ1n) is 9.34. The average Bonchev–Trinajstić information content (AvgIpc) is 3.15. The van der Waals surface area contributed by atoms with Crippen molar-refractivity contribution < 1.29 is 4.79 Å². The molecular weight excluding hydrogens is 422 g/mol. The molecule has 1 aliphatic rings. The molecule has 0 saturated heterocycles. The number of fused-ring (bicyclic) bond motifs is 1. The second kappa shape index (κ2) is 8.93. The van der Waals surface area contributed by atoms with Crippen molar-refractivity contribution in [1.29, 1.82) is 0 Å². The van der Waals surface area contributed by atoms with Crippen LogP contribution in [0.5, 0.6) is 0 Å². The highest BCUT2D eigenvalue weighted by Crippen LogP contribution is 2.34. The standard InChI is InChI=1S/C20H22ClN7O.H2S/c1-12-19-17(27(3)13(2)20(29)24-19)8-18(23-12)22-9-15-11-28(26-25-15)10-14-6-4-5-7-16(14)21;/h4-8,11,13H,9-10H2,1-3H3,(H,22,23)(H,24,29);1H2/t13-;/m0./s1. The van der Waals surface area contributed by atoms with E-state index >= 15 is 0 Å². The summed E-state index contributed by atoms with van der Waals surface area (Å²) in [5.41, 5.74) is 4.25. The number of halogens is 1. The molecule has 10 heteroatoms. The van der Waals surface area contributed by atoms with E-state index in [2.05, 4.69) is 25.9 Å². The number of carbonyl (C=O) groups excluding carboxylic acids is 1. The minimum Gasteiger partial charge on any atom is -0.364 e. The first kappa shape index (κ1) is 21.9.